The minimum absolute atomic E-state index is 0.664. The molecule has 0 radical (unpaired) electrons. The predicted molar refractivity (Wildman–Crippen MR) is 45.7 cm³/mol. The Balaban J connectivity index is 2.40. The lowest BCUT2D eigenvalue weighted by atomic mass is 10.1. The van der Waals surface area contributed by atoms with Gasteiger partial charge in [-0.25, -0.2) is 0 Å². The largest absolute Gasteiger partial charge is 0.259 e. The van der Waals surface area contributed by atoms with Gasteiger partial charge in [0.05, 0.1) is 5.56 Å². The summed E-state index contributed by atoms with van der Waals surface area (Å²) in [6.45, 7) is 2.03. The third-order valence-electron chi connectivity index (χ3n) is 2.21. The fraction of sp³-hybridized carbons (Fsp3) is 0.400. The van der Waals surface area contributed by atoms with Gasteiger partial charge < -0.3 is 0 Å². The highest BCUT2D eigenvalue weighted by molar-refractivity contribution is 5.34. The van der Waals surface area contributed by atoms with E-state index in [-0.39, 0.29) is 0 Å². The number of nitriles is 1. The molecule has 1 fully saturated rings. The van der Waals surface area contributed by atoms with Gasteiger partial charge in [0.1, 0.15) is 6.07 Å². The van der Waals surface area contributed by atoms with E-state index in [2.05, 4.69) is 11.1 Å². The molecule has 12 heavy (non-hydrogen) atoms. The minimum atomic E-state index is 0.664. The Hall–Kier alpha value is -1.36. The molecule has 2 heteroatoms. The molecule has 2 rings (SSSR count). The highest BCUT2D eigenvalue weighted by Crippen LogP contribution is 2.40. The summed E-state index contributed by atoms with van der Waals surface area (Å²) < 4.78 is 0. The van der Waals surface area contributed by atoms with Crippen LogP contribution in [0.25, 0.3) is 0 Å². The molecule has 0 aromatic carbocycles. The van der Waals surface area contributed by atoms with E-state index in [1.165, 1.54) is 18.5 Å². The van der Waals surface area contributed by atoms with Crippen molar-refractivity contribution in [2.75, 3.05) is 0 Å². The molecule has 0 N–H and O–H groups in total. The average Bonchev–Trinajstić information content (AvgIpc) is 2.87. The number of hydrogen-bond donors (Lipinski definition) is 0. The molecule has 0 unspecified atom stereocenters. The Bertz CT molecular complexity index is 345. The molecule has 1 saturated carbocycles. The maximum Gasteiger partial charge on any atom is 0.101 e. The summed E-state index contributed by atoms with van der Waals surface area (Å²) >= 11 is 0. The van der Waals surface area contributed by atoms with Gasteiger partial charge in [-0.15, -0.1) is 0 Å². The van der Waals surface area contributed by atoms with Crippen LogP contribution in [0.5, 0.6) is 0 Å². The molecule has 2 nitrogen and oxygen atoms in total. The second-order valence-corrected chi connectivity index (χ2v) is 3.31. The van der Waals surface area contributed by atoms with E-state index in [0.717, 1.165) is 5.56 Å². The van der Waals surface area contributed by atoms with Crippen molar-refractivity contribution in [1.82, 2.24) is 4.98 Å². The minimum Gasteiger partial charge on any atom is -0.259 e. The number of nitrogens with zero attached hydrogens (tertiary/aromatic N) is 2. The van der Waals surface area contributed by atoms with Crippen molar-refractivity contribution >= 4 is 0 Å². The number of hydrogen-bond acceptors (Lipinski definition) is 2. The van der Waals surface area contributed by atoms with Crippen LogP contribution in [-0.4, -0.2) is 4.98 Å². The zero-order valence-electron chi connectivity index (χ0n) is 7.04. The van der Waals surface area contributed by atoms with E-state index in [9.17, 15) is 0 Å². The number of rotatable bonds is 1. The van der Waals surface area contributed by atoms with Gasteiger partial charge in [-0.05, 0) is 31.4 Å². The molecule has 1 aromatic rings. The quantitative estimate of drug-likeness (QED) is 0.627. The first-order valence-electron chi connectivity index (χ1n) is 4.18. The van der Waals surface area contributed by atoms with Crippen molar-refractivity contribution in [1.29, 1.82) is 5.26 Å². The van der Waals surface area contributed by atoms with Crippen LogP contribution in [0.3, 0.4) is 0 Å². The monoisotopic (exact) mass is 158 g/mol. The van der Waals surface area contributed by atoms with Crippen LogP contribution in [0.4, 0.5) is 0 Å². The molecule has 1 aliphatic carbocycles. The standard InChI is InChI=1S/C10H10N2/c1-7-4-8(5-11)6-12-10(7)9-2-3-9/h4,6,9H,2-3H2,1H3. The Labute approximate surface area is 71.9 Å². The van der Waals surface area contributed by atoms with Crippen LogP contribution in [0.2, 0.25) is 0 Å². The lowest BCUT2D eigenvalue weighted by Crippen LogP contribution is -1.91. The lowest BCUT2D eigenvalue weighted by molar-refractivity contribution is 0.992. The van der Waals surface area contributed by atoms with Gasteiger partial charge in [0.25, 0.3) is 0 Å². The summed E-state index contributed by atoms with van der Waals surface area (Å²) in [5, 5.41) is 8.62. The second kappa shape index (κ2) is 2.60. The summed E-state index contributed by atoms with van der Waals surface area (Å²) in [5.41, 5.74) is 3.02. The number of aryl methyl sites for hydroxylation is 1. The van der Waals surface area contributed by atoms with Crippen molar-refractivity contribution in [3.05, 3.63) is 29.1 Å². The molecule has 0 bridgehead atoms. The zero-order valence-corrected chi connectivity index (χ0v) is 7.04. The Morgan fingerprint density at radius 1 is 1.58 bits per heavy atom. The van der Waals surface area contributed by atoms with Crippen LogP contribution >= 0.6 is 0 Å². The first-order valence-corrected chi connectivity index (χ1v) is 4.18. The molecule has 1 aromatic heterocycles. The lowest BCUT2D eigenvalue weighted by Gasteiger charge is -2.01. The van der Waals surface area contributed by atoms with E-state index in [1.54, 1.807) is 6.20 Å². The predicted octanol–water partition coefficient (Wildman–Crippen LogP) is 2.14. The fourth-order valence-corrected chi connectivity index (χ4v) is 1.43. The summed E-state index contributed by atoms with van der Waals surface area (Å²) in [6, 6.07) is 4.01. The van der Waals surface area contributed by atoms with Crippen molar-refractivity contribution in [2.24, 2.45) is 0 Å². The molecule has 60 valence electrons. The van der Waals surface area contributed by atoms with Gasteiger partial charge in [0.2, 0.25) is 0 Å². The Morgan fingerprint density at radius 2 is 2.33 bits per heavy atom. The van der Waals surface area contributed by atoms with E-state index in [4.69, 9.17) is 5.26 Å². The smallest absolute Gasteiger partial charge is 0.101 e. The summed E-state index contributed by atoms with van der Waals surface area (Å²) in [6.07, 6.45) is 4.19. The van der Waals surface area contributed by atoms with Crippen LogP contribution in [0, 0.1) is 18.3 Å². The van der Waals surface area contributed by atoms with Crippen molar-refractivity contribution in [3.63, 3.8) is 0 Å². The van der Waals surface area contributed by atoms with Crippen molar-refractivity contribution < 1.29 is 0 Å². The first kappa shape index (κ1) is 7.30. The Kier molecular flexibility index (Phi) is 1.58. The number of pyridine rings is 1. The van der Waals surface area contributed by atoms with Gasteiger partial charge in [0.15, 0.2) is 0 Å². The third-order valence-corrected chi connectivity index (χ3v) is 2.21. The van der Waals surface area contributed by atoms with Crippen LogP contribution in [0.1, 0.15) is 35.6 Å². The molecule has 0 spiro atoms. The van der Waals surface area contributed by atoms with E-state index < -0.39 is 0 Å². The van der Waals surface area contributed by atoms with E-state index in [0.29, 0.717) is 11.5 Å². The summed E-state index contributed by atoms with van der Waals surface area (Å²) in [7, 11) is 0. The summed E-state index contributed by atoms with van der Waals surface area (Å²) in [5.74, 6) is 0.678. The van der Waals surface area contributed by atoms with Crippen molar-refractivity contribution in [3.8, 4) is 6.07 Å². The normalized spacial score (nSPS) is 15.7. The topological polar surface area (TPSA) is 36.7 Å². The highest BCUT2D eigenvalue weighted by Gasteiger charge is 2.26. The maximum absolute atomic E-state index is 8.62. The maximum atomic E-state index is 8.62. The average molecular weight is 158 g/mol. The fourth-order valence-electron chi connectivity index (χ4n) is 1.43. The van der Waals surface area contributed by atoms with E-state index >= 15 is 0 Å². The van der Waals surface area contributed by atoms with Gasteiger partial charge in [-0.2, -0.15) is 5.26 Å². The molecular weight excluding hydrogens is 148 g/mol. The van der Waals surface area contributed by atoms with Crippen LogP contribution in [0.15, 0.2) is 12.3 Å². The zero-order chi connectivity index (χ0) is 8.55. The molecule has 0 amide bonds. The molecule has 0 saturated heterocycles. The molecule has 0 aliphatic heterocycles. The Morgan fingerprint density at radius 3 is 2.83 bits per heavy atom. The van der Waals surface area contributed by atoms with Crippen LogP contribution < -0.4 is 0 Å². The van der Waals surface area contributed by atoms with Gasteiger partial charge in [-0.1, -0.05) is 0 Å². The molecule has 0 atom stereocenters. The van der Waals surface area contributed by atoms with E-state index in [1.807, 2.05) is 13.0 Å². The SMILES string of the molecule is Cc1cc(C#N)cnc1C1CC1. The first-order chi connectivity index (χ1) is 5.81. The van der Waals surface area contributed by atoms with Gasteiger partial charge in [-0.3, -0.25) is 4.98 Å². The second-order valence-electron chi connectivity index (χ2n) is 3.31. The molecule has 1 aliphatic rings. The summed E-state index contributed by atoms with van der Waals surface area (Å²) in [4.78, 5) is 4.29. The molecule has 1 heterocycles. The molecular formula is C10H10N2. The van der Waals surface area contributed by atoms with Crippen molar-refractivity contribution in [2.45, 2.75) is 25.7 Å². The van der Waals surface area contributed by atoms with Gasteiger partial charge >= 0.3 is 0 Å². The third kappa shape index (κ3) is 1.18. The highest BCUT2D eigenvalue weighted by atomic mass is 14.7. The number of aromatic nitrogens is 1. The van der Waals surface area contributed by atoms with Gasteiger partial charge in [0, 0.05) is 17.8 Å². The van der Waals surface area contributed by atoms with Crippen LogP contribution in [-0.2, 0) is 0 Å².